The van der Waals surface area contributed by atoms with E-state index in [0.29, 0.717) is 13.1 Å². The molecule has 5 heteroatoms. The van der Waals surface area contributed by atoms with Gasteiger partial charge >= 0.3 is 6.18 Å². The summed E-state index contributed by atoms with van der Waals surface area (Å²) in [7, 11) is 0. The van der Waals surface area contributed by atoms with Crippen LogP contribution in [0.15, 0.2) is 0 Å². The average molecular weight is 264 g/mol. The molecular formula is C13H23F3N2. The van der Waals surface area contributed by atoms with Crippen LogP contribution in [0.3, 0.4) is 0 Å². The SMILES string of the molecule is CCC1CN(C2(C(F)(F)F)CC2)C(C(C)C)CN1. The van der Waals surface area contributed by atoms with Crippen molar-refractivity contribution in [2.45, 2.75) is 63.8 Å². The minimum atomic E-state index is -4.09. The van der Waals surface area contributed by atoms with Crippen LogP contribution in [-0.2, 0) is 0 Å². The average Bonchev–Trinajstić information content (AvgIpc) is 3.08. The van der Waals surface area contributed by atoms with E-state index in [1.807, 2.05) is 20.8 Å². The first kappa shape index (κ1) is 14.1. The number of hydrogen-bond donors (Lipinski definition) is 1. The summed E-state index contributed by atoms with van der Waals surface area (Å²) in [5.41, 5.74) is -1.52. The van der Waals surface area contributed by atoms with Crippen LogP contribution in [0.25, 0.3) is 0 Å². The molecule has 2 fully saturated rings. The highest BCUT2D eigenvalue weighted by atomic mass is 19.4. The molecule has 0 spiro atoms. The molecule has 2 atom stereocenters. The Morgan fingerprint density at radius 3 is 2.33 bits per heavy atom. The molecule has 0 aromatic rings. The van der Waals surface area contributed by atoms with Gasteiger partial charge in [0.15, 0.2) is 0 Å². The maximum absolute atomic E-state index is 13.3. The van der Waals surface area contributed by atoms with Gasteiger partial charge in [-0.1, -0.05) is 20.8 Å². The van der Waals surface area contributed by atoms with Crippen LogP contribution >= 0.6 is 0 Å². The number of piperazine rings is 1. The van der Waals surface area contributed by atoms with Crippen LogP contribution in [0.1, 0.15) is 40.0 Å². The Balaban J connectivity index is 2.20. The highest BCUT2D eigenvalue weighted by Gasteiger charge is 2.68. The van der Waals surface area contributed by atoms with Crippen LogP contribution in [0.5, 0.6) is 0 Å². The number of hydrogen-bond acceptors (Lipinski definition) is 2. The number of rotatable bonds is 3. The lowest BCUT2D eigenvalue weighted by atomic mass is 9.94. The number of alkyl halides is 3. The maximum atomic E-state index is 13.3. The topological polar surface area (TPSA) is 15.3 Å². The molecule has 0 aromatic carbocycles. The zero-order valence-corrected chi connectivity index (χ0v) is 11.3. The van der Waals surface area contributed by atoms with E-state index in [9.17, 15) is 13.2 Å². The van der Waals surface area contributed by atoms with E-state index in [4.69, 9.17) is 0 Å². The summed E-state index contributed by atoms with van der Waals surface area (Å²) in [6.45, 7) is 7.25. The normalized spacial score (nSPS) is 32.8. The third-order valence-corrected chi connectivity index (χ3v) is 4.50. The molecule has 1 heterocycles. The van der Waals surface area contributed by atoms with E-state index in [1.165, 1.54) is 0 Å². The van der Waals surface area contributed by atoms with Gasteiger partial charge in [-0.05, 0) is 25.2 Å². The number of halogens is 3. The quantitative estimate of drug-likeness (QED) is 0.843. The fourth-order valence-electron chi connectivity index (χ4n) is 3.05. The Morgan fingerprint density at radius 2 is 1.94 bits per heavy atom. The monoisotopic (exact) mass is 264 g/mol. The summed E-state index contributed by atoms with van der Waals surface area (Å²) >= 11 is 0. The van der Waals surface area contributed by atoms with Gasteiger partial charge in [-0.2, -0.15) is 13.2 Å². The third kappa shape index (κ3) is 2.27. The lowest BCUT2D eigenvalue weighted by Crippen LogP contribution is -2.65. The Morgan fingerprint density at radius 1 is 1.33 bits per heavy atom. The molecule has 1 aliphatic carbocycles. The summed E-state index contributed by atoms with van der Waals surface area (Å²) in [5, 5.41) is 3.37. The van der Waals surface area contributed by atoms with E-state index in [-0.39, 0.29) is 30.8 Å². The highest BCUT2D eigenvalue weighted by molar-refractivity contribution is 5.13. The minimum absolute atomic E-state index is 0.00285. The van der Waals surface area contributed by atoms with Gasteiger partial charge < -0.3 is 5.32 Å². The number of nitrogens with one attached hydrogen (secondary N) is 1. The molecule has 0 radical (unpaired) electrons. The Labute approximate surface area is 107 Å². The summed E-state index contributed by atoms with van der Waals surface area (Å²) < 4.78 is 39.9. The van der Waals surface area contributed by atoms with Crippen LogP contribution in [0.2, 0.25) is 0 Å². The van der Waals surface area contributed by atoms with Gasteiger partial charge in [0.25, 0.3) is 0 Å². The summed E-state index contributed by atoms with van der Waals surface area (Å²) in [4.78, 5) is 1.75. The van der Waals surface area contributed by atoms with Gasteiger partial charge in [-0.15, -0.1) is 0 Å². The van der Waals surface area contributed by atoms with Gasteiger partial charge in [0.05, 0.1) is 0 Å². The molecular weight excluding hydrogens is 241 g/mol. The third-order valence-electron chi connectivity index (χ3n) is 4.50. The fraction of sp³-hybridized carbons (Fsp3) is 1.00. The smallest absolute Gasteiger partial charge is 0.311 e. The van der Waals surface area contributed by atoms with Gasteiger partial charge in [-0.25, -0.2) is 0 Å². The van der Waals surface area contributed by atoms with Crippen molar-refractivity contribution in [3.8, 4) is 0 Å². The largest absolute Gasteiger partial charge is 0.406 e. The summed E-state index contributed by atoms with van der Waals surface area (Å²) in [5.74, 6) is 0.245. The lowest BCUT2D eigenvalue weighted by Gasteiger charge is -2.47. The van der Waals surface area contributed by atoms with Crippen molar-refractivity contribution in [3.63, 3.8) is 0 Å². The van der Waals surface area contributed by atoms with Crippen LogP contribution in [0.4, 0.5) is 13.2 Å². The maximum Gasteiger partial charge on any atom is 0.406 e. The van der Waals surface area contributed by atoms with Crippen LogP contribution < -0.4 is 5.32 Å². The molecule has 2 unspecified atom stereocenters. The second-order valence-corrected chi connectivity index (χ2v) is 6.01. The second kappa shape index (κ2) is 4.67. The second-order valence-electron chi connectivity index (χ2n) is 6.01. The molecule has 1 aliphatic heterocycles. The van der Waals surface area contributed by atoms with Crippen molar-refractivity contribution in [2.24, 2.45) is 5.92 Å². The summed E-state index contributed by atoms with van der Waals surface area (Å²) in [6.07, 6.45) is -2.66. The molecule has 1 saturated carbocycles. The van der Waals surface area contributed by atoms with Crippen molar-refractivity contribution in [3.05, 3.63) is 0 Å². The van der Waals surface area contributed by atoms with Crippen molar-refractivity contribution in [1.29, 1.82) is 0 Å². The fourth-order valence-corrected chi connectivity index (χ4v) is 3.05. The molecule has 106 valence electrons. The van der Waals surface area contributed by atoms with Gasteiger partial charge in [0.1, 0.15) is 5.54 Å². The Hall–Kier alpha value is -0.290. The molecule has 2 nitrogen and oxygen atoms in total. The molecule has 0 aromatic heterocycles. The molecule has 0 amide bonds. The first-order chi connectivity index (χ1) is 8.32. The zero-order chi connectivity index (χ0) is 13.6. The van der Waals surface area contributed by atoms with Crippen LogP contribution in [0, 0.1) is 5.92 Å². The van der Waals surface area contributed by atoms with E-state index < -0.39 is 11.7 Å². The highest BCUT2D eigenvalue weighted by Crippen LogP contribution is 2.55. The van der Waals surface area contributed by atoms with Crippen molar-refractivity contribution in [2.75, 3.05) is 13.1 Å². The molecule has 2 aliphatic rings. The van der Waals surface area contributed by atoms with E-state index in [1.54, 1.807) is 4.90 Å². The van der Waals surface area contributed by atoms with Gasteiger partial charge in [-0.3, -0.25) is 4.90 Å². The molecule has 2 rings (SSSR count). The van der Waals surface area contributed by atoms with E-state index in [2.05, 4.69) is 5.32 Å². The minimum Gasteiger partial charge on any atom is -0.311 e. The van der Waals surface area contributed by atoms with E-state index in [0.717, 1.165) is 6.42 Å². The molecule has 0 bridgehead atoms. The predicted molar refractivity (Wildman–Crippen MR) is 65.4 cm³/mol. The van der Waals surface area contributed by atoms with Gasteiger partial charge in [0, 0.05) is 25.2 Å². The molecule has 1 saturated heterocycles. The Bertz CT molecular complexity index is 297. The molecule has 1 N–H and O–H groups in total. The summed E-state index contributed by atoms with van der Waals surface area (Å²) in [6, 6.07) is 0.191. The van der Waals surface area contributed by atoms with Crippen molar-refractivity contribution < 1.29 is 13.2 Å². The lowest BCUT2D eigenvalue weighted by molar-refractivity contribution is -0.208. The Kier molecular flexibility index (Phi) is 3.67. The van der Waals surface area contributed by atoms with E-state index >= 15 is 0 Å². The van der Waals surface area contributed by atoms with Crippen LogP contribution in [-0.4, -0.2) is 41.8 Å². The number of nitrogens with zero attached hydrogens (tertiary/aromatic N) is 1. The van der Waals surface area contributed by atoms with Gasteiger partial charge in [0.2, 0.25) is 0 Å². The standard InChI is InChI=1S/C13H23F3N2/c1-4-10-8-18(11(7-17-10)9(2)3)12(5-6-12)13(14,15)16/h9-11,17H,4-8H2,1-3H3. The first-order valence-electron chi connectivity index (χ1n) is 6.88. The van der Waals surface area contributed by atoms with Crippen molar-refractivity contribution >= 4 is 0 Å². The van der Waals surface area contributed by atoms with Crippen molar-refractivity contribution in [1.82, 2.24) is 10.2 Å². The molecule has 18 heavy (non-hydrogen) atoms. The first-order valence-corrected chi connectivity index (χ1v) is 6.88. The predicted octanol–water partition coefficient (Wildman–Crippen LogP) is 2.79. The zero-order valence-electron chi connectivity index (χ0n) is 11.3.